The van der Waals surface area contributed by atoms with E-state index in [1.807, 2.05) is 25.1 Å². The molecule has 7 rings (SSSR count). The molecule has 1 aromatic carbocycles. The van der Waals surface area contributed by atoms with E-state index < -0.39 is 0 Å². The van der Waals surface area contributed by atoms with Crippen LogP contribution >= 0.6 is 0 Å². The summed E-state index contributed by atoms with van der Waals surface area (Å²) >= 11 is 0. The van der Waals surface area contributed by atoms with E-state index in [0.29, 0.717) is 28.8 Å². The molecule has 4 aliphatic carbocycles. The summed E-state index contributed by atoms with van der Waals surface area (Å²) < 4.78 is 2.92. The molecule has 4 fully saturated rings. The standard InChI is InChI=1S/C24H27N5O2/c1-14-3-4-19(5-15(14)2)29-21-20(12-26-29)22(30)28(13-25-21)27-23(31)24-9-16-6-17(10-24)8-18(7-16)11-24/h3-5,12-13,16-18H,6-11H2,1-2H3,(H,27,31). The Labute approximate surface area is 180 Å². The van der Waals surface area contributed by atoms with Crippen LogP contribution in [0.3, 0.4) is 0 Å². The largest absolute Gasteiger partial charge is 0.283 e. The fourth-order valence-electron chi connectivity index (χ4n) is 6.65. The Morgan fingerprint density at radius 1 is 1.06 bits per heavy atom. The molecule has 31 heavy (non-hydrogen) atoms. The molecule has 0 unspecified atom stereocenters. The summed E-state index contributed by atoms with van der Waals surface area (Å²) in [7, 11) is 0. The van der Waals surface area contributed by atoms with E-state index in [4.69, 9.17) is 0 Å². The van der Waals surface area contributed by atoms with Crippen LogP contribution in [0.5, 0.6) is 0 Å². The Hall–Kier alpha value is -2.96. The second-order valence-corrected chi connectivity index (χ2v) is 10.1. The number of carbonyl (C=O) groups is 1. The van der Waals surface area contributed by atoms with E-state index in [1.54, 1.807) is 4.68 Å². The van der Waals surface area contributed by atoms with Crippen molar-refractivity contribution in [3.05, 3.63) is 52.2 Å². The zero-order valence-corrected chi connectivity index (χ0v) is 18.0. The van der Waals surface area contributed by atoms with Crippen LogP contribution in [0.4, 0.5) is 0 Å². The van der Waals surface area contributed by atoms with Gasteiger partial charge in [0, 0.05) is 0 Å². The molecular weight excluding hydrogens is 390 g/mol. The fourth-order valence-corrected chi connectivity index (χ4v) is 6.65. The number of hydrogen-bond donors (Lipinski definition) is 1. The van der Waals surface area contributed by atoms with Crippen LogP contribution in [0.1, 0.15) is 49.7 Å². The molecule has 2 aromatic heterocycles. The third-order valence-electron chi connectivity index (χ3n) is 7.97. The highest BCUT2D eigenvalue weighted by atomic mass is 16.2. The van der Waals surface area contributed by atoms with E-state index in [0.717, 1.165) is 30.5 Å². The first kappa shape index (κ1) is 18.8. The lowest BCUT2D eigenvalue weighted by Crippen LogP contribution is -2.53. The number of benzene rings is 1. The zero-order valence-electron chi connectivity index (χ0n) is 18.0. The average molecular weight is 418 g/mol. The maximum absolute atomic E-state index is 13.3. The van der Waals surface area contributed by atoms with Crippen LogP contribution in [0.2, 0.25) is 0 Å². The molecule has 4 saturated carbocycles. The highest BCUT2D eigenvalue weighted by Gasteiger charge is 2.54. The molecule has 0 spiro atoms. The lowest BCUT2D eigenvalue weighted by atomic mass is 9.49. The smallest absolute Gasteiger partial charge is 0.273 e. The van der Waals surface area contributed by atoms with Crippen molar-refractivity contribution in [2.75, 3.05) is 5.43 Å². The van der Waals surface area contributed by atoms with Gasteiger partial charge in [0.15, 0.2) is 5.65 Å². The minimum Gasteiger partial charge on any atom is -0.273 e. The molecule has 1 N–H and O–H groups in total. The van der Waals surface area contributed by atoms with Crippen LogP contribution in [0, 0.1) is 37.0 Å². The second-order valence-electron chi connectivity index (χ2n) is 10.1. The number of nitrogens with zero attached hydrogens (tertiary/aromatic N) is 4. The molecule has 0 saturated heterocycles. The number of aromatic nitrogens is 4. The van der Waals surface area contributed by atoms with Crippen LogP contribution < -0.4 is 11.0 Å². The van der Waals surface area contributed by atoms with Crippen LogP contribution in [-0.2, 0) is 4.79 Å². The van der Waals surface area contributed by atoms with E-state index in [-0.39, 0.29) is 16.9 Å². The lowest BCUT2D eigenvalue weighted by molar-refractivity contribution is -0.141. The predicted octanol–water partition coefficient (Wildman–Crippen LogP) is 3.49. The van der Waals surface area contributed by atoms with Crippen molar-refractivity contribution in [2.45, 2.75) is 52.4 Å². The zero-order chi connectivity index (χ0) is 21.3. The van der Waals surface area contributed by atoms with Gasteiger partial charge >= 0.3 is 0 Å². The van der Waals surface area contributed by atoms with Crippen molar-refractivity contribution in [1.29, 1.82) is 0 Å². The van der Waals surface area contributed by atoms with Gasteiger partial charge in [-0.25, -0.2) is 14.3 Å². The molecule has 0 radical (unpaired) electrons. The quantitative estimate of drug-likeness (QED) is 0.707. The summed E-state index contributed by atoms with van der Waals surface area (Å²) in [5.74, 6) is 2.00. The van der Waals surface area contributed by atoms with E-state index in [1.165, 1.54) is 42.0 Å². The van der Waals surface area contributed by atoms with Gasteiger partial charge in [-0.3, -0.25) is 15.0 Å². The van der Waals surface area contributed by atoms with Gasteiger partial charge in [0.1, 0.15) is 11.7 Å². The van der Waals surface area contributed by atoms with Crippen molar-refractivity contribution in [2.24, 2.45) is 23.2 Å². The molecule has 160 valence electrons. The topological polar surface area (TPSA) is 81.8 Å². The maximum Gasteiger partial charge on any atom is 0.283 e. The van der Waals surface area contributed by atoms with Crippen LogP contribution in [0.25, 0.3) is 16.7 Å². The van der Waals surface area contributed by atoms with Gasteiger partial charge in [0.25, 0.3) is 5.56 Å². The second kappa shape index (κ2) is 6.52. The van der Waals surface area contributed by atoms with Gasteiger partial charge in [0.2, 0.25) is 5.91 Å². The van der Waals surface area contributed by atoms with E-state index >= 15 is 0 Å². The molecule has 7 heteroatoms. The van der Waals surface area contributed by atoms with Crippen LogP contribution in [0.15, 0.2) is 35.5 Å². The van der Waals surface area contributed by atoms with E-state index in [2.05, 4.69) is 22.4 Å². The Kier molecular flexibility index (Phi) is 3.95. The van der Waals surface area contributed by atoms with Crippen LogP contribution in [-0.4, -0.2) is 25.3 Å². The third-order valence-corrected chi connectivity index (χ3v) is 7.97. The first-order valence-electron chi connectivity index (χ1n) is 11.3. The number of rotatable bonds is 3. The number of aryl methyl sites for hydroxylation is 2. The lowest BCUT2D eigenvalue weighted by Gasteiger charge is -2.55. The summed E-state index contributed by atoms with van der Waals surface area (Å²) in [4.78, 5) is 30.9. The summed E-state index contributed by atoms with van der Waals surface area (Å²) in [5.41, 5.74) is 5.99. The number of nitrogens with one attached hydrogen (secondary N) is 1. The van der Waals surface area contributed by atoms with Crippen molar-refractivity contribution in [1.82, 2.24) is 19.4 Å². The molecule has 4 aliphatic rings. The van der Waals surface area contributed by atoms with Gasteiger partial charge in [0.05, 0.1) is 17.3 Å². The first-order chi connectivity index (χ1) is 14.9. The monoisotopic (exact) mass is 417 g/mol. The van der Waals surface area contributed by atoms with Gasteiger partial charge in [-0.15, -0.1) is 0 Å². The van der Waals surface area contributed by atoms with Crippen molar-refractivity contribution in [3.63, 3.8) is 0 Å². The number of carbonyl (C=O) groups excluding carboxylic acids is 1. The normalized spacial score (nSPS) is 28.9. The number of hydrogen-bond acceptors (Lipinski definition) is 4. The predicted molar refractivity (Wildman–Crippen MR) is 118 cm³/mol. The Morgan fingerprint density at radius 3 is 2.39 bits per heavy atom. The molecule has 7 nitrogen and oxygen atoms in total. The highest BCUT2D eigenvalue weighted by Crippen LogP contribution is 2.60. The molecule has 0 atom stereocenters. The third kappa shape index (κ3) is 2.86. The Balaban J connectivity index is 1.32. The van der Waals surface area contributed by atoms with Gasteiger partial charge in [-0.05, 0) is 93.4 Å². The Bertz CT molecular complexity index is 1240. The van der Waals surface area contributed by atoms with Crippen molar-refractivity contribution >= 4 is 16.9 Å². The SMILES string of the molecule is Cc1ccc(-n2ncc3c(=O)n(NC(=O)C45CC6CC(CC(C6)C4)C5)cnc32)cc1C. The van der Waals surface area contributed by atoms with E-state index in [9.17, 15) is 9.59 Å². The summed E-state index contributed by atoms with van der Waals surface area (Å²) in [6.45, 7) is 4.11. The van der Waals surface area contributed by atoms with Gasteiger partial charge in [-0.1, -0.05) is 6.07 Å². The number of fused-ring (bicyclic) bond motifs is 1. The molecule has 3 aromatic rings. The molecular formula is C24H27N5O2. The summed E-state index contributed by atoms with van der Waals surface area (Å²) in [5, 5.41) is 4.79. The molecule has 1 amide bonds. The first-order valence-corrected chi connectivity index (χ1v) is 11.3. The van der Waals surface area contributed by atoms with Crippen molar-refractivity contribution < 1.29 is 4.79 Å². The Morgan fingerprint density at radius 2 is 1.74 bits per heavy atom. The summed E-state index contributed by atoms with van der Waals surface area (Å²) in [6.07, 6.45) is 9.66. The van der Waals surface area contributed by atoms with Gasteiger partial charge in [-0.2, -0.15) is 5.10 Å². The fraction of sp³-hybridized carbons (Fsp3) is 0.500. The highest BCUT2D eigenvalue weighted by molar-refractivity contribution is 5.90. The molecule has 2 heterocycles. The molecule has 0 aliphatic heterocycles. The number of amides is 1. The molecule has 4 bridgehead atoms. The maximum atomic E-state index is 13.3. The van der Waals surface area contributed by atoms with Gasteiger partial charge < -0.3 is 0 Å². The minimum atomic E-state index is -0.313. The average Bonchev–Trinajstić information content (AvgIpc) is 3.16. The van der Waals surface area contributed by atoms with Crippen molar-refractivity contribution in [3.8, 4) is 5.69 Å². The summed E-state index contributed by atoms with van der Waals surface area (Å²) in [6, 6.07) is 6.03. The minimum absolute atomic E-state index is 0.0172.